The van der Waals surface area contributed by atoms with E-state index in [1.807, 2.05) is 0 Å². The second kappa shape index (κ2) is 8.87. The maximum absolute atomic E-state index is 12.1. The van der Waals surface area contributed by atoms with E-state index in [9.17, 15) is 4.79 Å². The van der Waals surface area contributed by atoms with Crippen LogP contribution in [0.2, 0.25) is 0 Å². The lowest BCUT2D eigenvalue weighted by atomic mass is 10.1. The Kier molecular flexibility index (Phi) is 7.50. The molecule has 120 valence electrons. The summed E-state index contributed by atoms with van der Waals surface area (Å²) in [6.45, 7) is 10.2. The van der Waals surface area contributed by atoms with Crippen molar-refractivity contribution in [2.45, 2.75) is 47.0 Å². The third-order valence-corrected chi connectivity index (χ3v) is 4.04. The van der Waals surface area contributed by atoms with Crippen molar-refractivity contribution < 1.29 is 4.79 Å². The monoisotopic (exact) mass is 312 g/mol. The molecule has 1 aromatic rings. The molecule has 0 aliphatic rings. The summed E-state index contributed by atoms with van der Waals surface area (Å²) in [6.07, 6.45) is 3.33. The minimum Gasteiger partial charge on any atom is -0.382 e. The highest BCUT2D eigenvalue weighted by molar-refractivity contribution is 7.18. The number of unbranched alkanes of at least 4 members (excludes halogenated alkanes) is 1. The zero-order valence-electron chi connectivity index (χ0n) is 13.5. The van der Waals surface area contributed by atoms with Crippen LogP contribution in [0.5, 0.6) is 0 Å². The summed E-state index contributed by atoms with van der Waals surface area (Å²) in [5.74, 6) is 1.43. The van der Waals surface area contributed by atoms with Gasteiger partial charge in [0.05, 0.1) is 0 Å². The molecule has 1 amide bonds. The molecule has 0 fully saturated rings. The highest BCUT2D eigenvalue weighted by Gasteiger charge is 2.15. The van der Waals surface area contributed by atoms with Gasteiger partial charge in [-0.25, -0.2) is 4.98 Å². The van der Waals surface area contributed by atoms with Gasteiger partial charge in [0.25, 0.3) is 5.91 Å². The molecule has 0 saturated carbocycles. The first-order valence-electron chi connectivity index (χ1n) is 7.68. The van der Waals surface area contributed by atoms with Crippen LogP contribution < -0.4 is 16.4 Å². The third kappa shape index (κ3) is 6.80. The van der Waals surface area contributed by atoms with E-state index in [0.29, 0.717) is 34.2 Å². The number of rotatable bonds is 9. The van der Waals surface area contributed by atoms with Gasteiger partial charge in [-0.05, 0) is 18.3 Å². The number of amides is 1. The van der Waals surface area contributed by atoms with Crippen molar-refractivity contribution in [3.05, 3.63) is 4.88 Å². The van der Waals surface area contributed by atoms with Gasteiger partial charge in [0, 0.05) is 13.1 Å². The van der Waals surface area contributed by atoms with Gasteiger partial charge in [0.15, 0.2) is 5.13 Å². The molecule has 0 radical (unpaired) electrons. The summed E-state index contributed by atoms with van der Waals surface area (Å²) in [4.78, 5) is 16.8. The molecule has 0 aliphatic carbocycles. The minimum atomic E-state index is -0.118. The number of nitrogens with two attached hydrogens (primary N) is 1. The minimum absolute atomic E-state index is 0.118. The van der Waals surface area contributed by atoms with Crippen molar-refractivity contribution in [1.29, 1.82) is 0 Å². The van der Waals surface area contributed by atoms with Crippen molar-refractivity contribution >= 4 is 28.2 Å². The van der Waals surface area contributed by atoms with E-state index < -0.39 is 0 Å². The van der Waals surface area contributed by atoms with Crippen LogP contribution in [0.1, 0.15) is 56.6 Å². The maximum Gasteiger partial charge on any atom is 0.265 e. The summed E-state index contributed by atoms with van der Waals surface area (Å²) in [5.41, 5.74) is 5.82. The second-order valence-electron chi connectivity index (χ2n) is 6.15. The highest BCUT2D eigenvalue weighted by atomic mass is 32.1. The Hall–Kier alpha value is -1.30. The molecule has 0 aliphatic heterocycles. The molecule has 0 saturated heterocycles. The van der Waals surface area contributed by atoms with Crippen LogP contribution in [0, 0.1) is 11.8 Å². The van der Waals surface area contributed by atoms with E-state index >= 15 is 0 Å². The Morgan fingerprint density at radius 2 is 1.95 bits per heavy atom. The summed E-state index contributed by atoms with van der Waals surface area (Å²) in [5, 5.41) is 6.83. The lowest BCUT2D eigenvalue weighted by Crippen LogP contribution is -2.24. The first-order valence-corrected chi connectivity index (χ1v) is 8.50. The summed E-state index contributed by atoms with van der Waals surface area (Å²) < 4.78 is 0. The van der Waals surface area contributed by atoms with Crippen molar-refractivity contribution in [3.8, 4) is 0 Å². The van der Waals surface area contributed by atoms with Gasteiger partial charge in [0.2, 0.25) is 0 Å². The predicted octanol–water partition coefficient (Wildman–Crippen LogP) is 3.35. The van der Waals surface area contributed by atoms with Crippen molar-refractivity contribution in [1.82, 2.24) is 10.3 Å². The average molecular weight is 312 g/mol. The first-order chi connectivity index (χ1) is 9.90. The van der Waals surface area contributed by atoms with Crippen LogP contribution in [0.15, 0.2) is 0 Å². The van der Waals surface area contributed by atoms with Crippen molar-refractivity contribution in [2.24, 2.45) is 11.8 Å². The molecular weight excluding hydrogens is 284 g/mol. The number of carbonyl (C=O) groups excluding carboxylic acids is 1. The molecule has 21 heavy (non-hydrogen) atoms. The van der Waals surface area contributed by atoms with Crippen LogP contribution in [0.4, 0.5) is 10.9 Å². The van der Waals surface area contributed by atoms with E-state index in [0.717, 1.165) is 19.4 Å². The molecule has 1 aromatic heterocycles. The fourth-order valence-electron chi connectivity index (χ4n) is 1.82. The number of hydrogen-bond donors (Lipinski definition) is 3. The maximum atomic E-state index is 12.1. The lowest BCUT2D eigenvalue weighted by molar-refractivity contribution is 0.0957. The van der Waals surface area contributed by atoms with E-state index in [1.165, 1.54) is 17.8 Å². The van der Waals surface area contributed by atoms with E-state index in [-0.39, 0.29) is 5.91 Å². The topological polar surface area (TPSA) is 80.0 Å². The van der Waals surface area contributed by atoms with Gasteiger partial charge >= 0.3 is 0 Å². The van der Waals surface area contributed by atoms with Gasteiger partial charge in [-0.2, -0.15) is 0 Å². The van der Waals surface area contributed by atoms with E-state index in [4.69, 9.17) is 5.73 Å². The van der Waals surface area contributed by atoms with E-state index in [1.54, 1.807) is 0 Å². The Balaban J connectivity index is 2.39. The Bertz CT molecular complexity index is 443. The van der Waals surface area contributed by atoms with Crippen LogP contribution >= 0.6 is 11.3 Å². The lowest BCUT2D eigenvalue weighted by Gasteiger charge is -2.06. The van der Waals surface area contributed by atoms with Gasteiger partial charge < -0.3 is 16.4 Å². The van der Waals surface area contributed by atoms with Crippen LogP contribution in [-0.4, -0.2) is 24.0 Å². The van der Waals surface area contributed by atoms with Crippen LogP contribution in [0.3, 0.4) is 0 Å². The average Bonchev–Trinajstić information content (AvgIpc) is 2.76. The van der Waals surface area contributed by atoms with Gasteiger partial charge in [-0.15, -0.1) is 0 Å². The highest BCUT2D eigenvalue weighted by Crippen LogP contribution is 2.24. The molecule has 0 unspecified atom stereocenters. The number of hydrogen-bond acceptors (Lipinski definition) is 5. The summed E-state index contributed by atoms with van der Waals surface area (Å²) in [6, 6.07) is 0. The molecule has 1 heterocycles. The molecule has 1 rings (SSSR count). The smallest absolute Gasteiger partial charge is 0.265 e. The fourth-order valence-corrected chi connectivity index (χ4v) is 2.63. The van der Waals surface area contributed by atoms with Crippen LogP contribution in [0.25, 0.3) is 0 Å². The molecule has 4 N–H and O–H groups in total. The Morgan fingerprint density at radius 3 is 2.57 bits per heavy atom. The largest absolute Gasteiger partial charge is 0.382 e. The Labute approximate surface area is 131 Å². The van der Waals surface area contributed by atoms with Crippen molar-refractivity contribution in [2.75, 3.05) is 24.1 Å². The normalized spacial score (nSPS) is 11.1. The number of nitrogens with one attached hydrogen (secondary N) is 2. The number of nitrogen functional groups attached to an aromatic ring is 1. The number of anilines is 2. The molecular formula is C15H28N4OS. The Morgan fingerprint density at radius 1 is 1.24 bits per heavy atom. The van der Waals surface area contributed by atoms with Gasteiger partial charge in [-0.3, -0.25) is 4.79 Å². The van der Waals surface area contributed by atoms with Crippen molar-refractivity contribution in [3.63, 3.8) is 0 Å². The van der Waals surface area contributed by atoms with Gasteiger partial charge in [-0.1, -0.05) is 51.9 Å². The quantitative estimate of drug-likeness (QED) is 0.611. The third-order valence-electron chi connectivity index (χ3n) is 3.01. The number of aromatic nitrogens is 1. The summed E-state index contributed by atoms with van der Waals surface area (Å²) >= 11 is 1.32. The molecule has 0 atom stereocenters. The first kappa shape index (κ1) is 17.8. The van der Waals surface area contributed by atoms with Gasteiger partial charge in [0.1, 0.15) is 10.7 Å². The SMILES string of the molecule is CC(C)CCCCNC(=O)c1sc(NCC(C)C)nc1N. The number of carbonyl (C=O) groups is 1. The molecule has 6 heteroatoms. The molecule has 0 spiro atoms. The molecule has 0 aromatic carbocycles. The predicted molar refractivity (Wildman–Crippen MR) is 90.9 cm³/mol. The van der Waals surface area contributed by atoms with E-state index in [2.05, 4.69) is 43.3 Å². The zero-order chi connectivity index (χ0) is 15.8. The van der Waals surface area contributed by atoms with Crippen LogP contribution in [-0.2, 0) is 0 Å². The zero-order valence-corrected chi connectivity index (χ0v) is 14.3. The molecule has 0 bridgehead atoms. The summed E-state index contributed by atoms with van der Waals surface area (Å²) in [7, 11) is 0. The fraction of sp³-hybridized carbons (Fsp3) is 0.733. The number of thiazole rings is 1. The number of nitrogens with zero attached hydrogens (tertiary/aromatic N) is 1. The standard InChI is InChI=1S/C15H28N4OS/c1-10(2)7-5-6-8-17-14(20)12-13(16)19-15(21-12)18-9-11(3)4/h10-11H,5-9,16H2,1-4H3,(H,17,20)(H,18,19). The molecule has 5 nitrogen and oxygen atoms in total. The second-order valence-corrected chi connectivity index (χ2v) is 7.15.